The van der Waals surface area contributed by atoms with Crippen LogP contribution in [-0.2, 0) is 57.5 Å². The number of hydrogen-bond acceptors (Lipinski definition) is 14. The summed E-state index contributed by atoms with van der Waals surface area (Å²) in [4.78, 5) is 153. The molecule has 0 aromatic rings. The Morgan fingerprint density at radius 1 is 0.435 bits per heavy atom. The smallest absolute Gasteiger partial charge is 0.326 e. The van der Waals surface area contributed by atoms with E-state index >= 15 is 0 Å². The predicted octanol–water partition coefficient (Wildman–Crippen LogP) is -3.20. The molecule has 392 valence electrons. The fraction of sp³-hybridized carbons (Fsp3) is 0.721. The zero-order valence-corrected chi connectivity index (χ0v) is 40.7. The fourth-order valence-electron chi connectivity index (χ4n) is 6.45. The van der Waals surface area contributed by atoms with Gasteiger partial charge in [0, 0.05) is 19.3 Å². The Balaban J connectivity index is 6.31. The molecule has 0 saturated heterocycles. The molecule has 0 unspecified atom stereocenters. The van der Waals surface area contributed by atoms with Gasteiger partial charge in [-0.1, -0.05) is 41.5 Å². The van der Waals surface area contributed by atoms with Gasteiger partial charge in [-0.2, -0.15) is 0 Å². The average molecular weight is 986 g/mol. The second-order valence-corrected chi connectivity index (χ2v) is 17.9. The lowest BCUT2D eigenvalue weighted by atomic mass is 9.99. The number of unbranched alkanes of at least 4 members (excludes halogenated alkanes) is 1. The second-order valence-electron chi connectivity index (χ2n) is 17.9. The topological polar surface area (TPSA) is 440 Å². The van der Waals surface area contributed by atoms with Gasteiger partial charge >= 0.3 is 17.9 Å². The van der Waals surface area contributed by atoms with Crippen molar-refractivity contribution < 1.29 is 72.9 Å². The molecule has 9 amide bonds. The molecular formula is C43H75N11O15. The van der Waals surface area contributed by atoms with Crippen LogP contribution in [-0.4, -0.2) is 147 Å². The zero-order chi connectivity index (χ0) is 53.3. The third-order valence-electron chi connectivity index (χ3n) is 10.5. The molecule has 17 N–H and O–H groups in total. The van der Waals surface area contributed by atoms with Crippen LogP contribution in [0.5, 0.6) is 0 Å². The van der Waals surface area contributed by atoms with Gasteiger partial charge in [-0.3, -0.25) is 52.7 Å². The molecule has 0 bridgehead atoms. The summed E-state index contributed by atoms with van der Waals surface area (Å²) in [6.07, 6.45) is -2.06. The first-order chi connectivity index (χ1) is 32.0. The van der Waals surface area contributed by atoms with Crippen LogP contribution in [0.25, 0.3) is 0 Å². The molecule has 26 heteroatoms. The summed E-state index contributed by atoms with van der Waals surface area (Å²) >= 11 is 0. The van der Waals surface area contributed by atoms with E-state index in [0.717, 1.165) is 0 Å². The molecule has 0 saturated carbocycles. The molecule has 0 heterocycles. The quantitative estimate of drug-likeness (QED) is 0.0282. The van der Waals surface area contributed by atoms with Gasteiger partial charge in [0.25, 0.3) is 0 Å². The van der Waals surface area contributed by atoms with Crippen LogP contribution in [0, 0.1) is 17.8 Å². The van der Waals surface area contributed by atoms with Crippen molar-refractivity contribution in [2.45, 2.75) is 174 Å². The molecule has 0 aliphatic heterocycles. The van der Waals surface area contributed by atoms with E-state index in [9.17, 15) is 72.9 Å². The van der Waals surface area contributed by atoms with Crippen molar-refractivity contribution in [3.05, 3.63) is 0 Å². The number of amides is 9. The van der Waals surface area contributed by atoms with Crippen LogP contribution in [0.15, 0.2) is 0 Å². The average Bonchev–Trinajstić information content (AvgIpc) is 3.24. The minimum Gasteiger partial charge on any atom is -0.481 e. The number of rotatable bonds is 34. The van der Waals surface area contributed by atoms with E-state index in [4.69, 9.17) is 17.2 Å². The van der Waals surface area contributed by atoms with Gasteiger partial charge in [0.2, 0.25) is 53.2 Å². The number of aliphatic carboxylic acids is 3. The van der Waals surface area contributed by atoms with E-state index in [1.165, 1.54) is 13.8 Å². The van der Waals surface area contributed by atoms with E-state index in [1.807, 2.05) is 13.8 Å². The Labute approximate surface area is 401 Å². The Morgan fingerprint density at radius 2 is 0.797 bits per heavy atom. The van der Waals surface area contributed by atoms with E-state index in [-0.39, 0.29) is 18.9 Å². The third kappa shape index (κ3) is 24.9. The first-order valence-electron chi connectivity index (χ1n) is 22.9. The van der Waals surface area contributed by atoms with E-state index in [1.54, 1.807) is 27.7 Å². The molecule has 0 aliphatic carbocycles. The van der Waals surface area contributed by atoms with Crippen molar-refractivity contribution in [1.82, 2.24) is 42.5 Å². The number of hydrogen-bond donors (Lipinski definition) is 14. The van der Waals surface area contributed by atoms with Gasteiger partial charge in [0.05, 0.1) is 6.04 Å². The van der Waals surface area contributed by atoms with Crippen LogP contribution >= 0.6 is 0 Å². The first kappa shape index (κ1) is 62.6. The summed E-state index contributed by atoms with van der Waals surface area (Å²) < 4.78 is 0. The van der Waals surface area contributed by atoms with Crippen molar-refractivity contribution in [2.75, 3.05) is 6.54 Å². The van der Waals surface area contributed by atoms with Crippen molar-refractivity contribution in [1.29, 1.82) is 0 Å². The Morgan fingerprint density at radius 3 is 1.17 bits per heavy atom. The number of carboxylic acid groups (broad SMARTS) is 3. The van der Waals surface area contributed by atoms with Gasteiger partial charge < -0.3 is 75.1 Å². The number of carboxylic acids is 3. The van der Waals surface area contributed by atoms with Crippen molar-refractivity contribution in [3.8, 4) is 0 Å². The number of primary amides is 1. The van der Waals surface area contributed by atoms with E-state index < -0.39 is 176 Å². The molecule has 26 nitrogen and oxygen atoms in total. The predicted molar refractivity (Wildman–Crippen MR) is 247 cm³/mol. The number of carbonyl (C=O) groups excluding carboxylic acids is 9. The molecule has 0 rings (SSSR count). The molecule has 0 aromatic carbocycles. The zero-order valence-electron chi connectivity index (χ0n) is 40.7. The highest BCUT2D eigenvalue weighted by Crippen LogP contribution is 2.11. The Hall–Kier alpha value is -6.44. The highest BCUT2D eigenvalue weighted by Gasteiger charge is 2.35. The van der Waals surface area contributed by atoms with Gasteiger partial charge in [-0.15, -0.1) is 0 Å². The number of carbonyl (C=O) groups is 12. The molecule has 0 radical (unpaired) electrons. The summed E-state index contributed by atoms with van der Waals surface area (Å²) in [5, 5.41) is 47.4. The van der Waals surface area contributed by atoms with Crippen LogP contribution in [0.4, 0.5) is 0 Å². The lowest BCUT2D eigenvalue weighted by molar-refractivity contribution is -0.143. The largest absolute Gasteiger partial charge is 0.481 e. The third-order valence-corrected chi connectivity index (χ3v) is 10.5. The highest BCUT2D eigenvalue weighted by atomic mass is 16.4. The normalized spacial score (nSPS) is 15.1. The Kier molecular flexibility index (Phi) is 28.6. The maximum atomic E-state index is 13.7. The second kappa shape index (κ2) is 31.6. The summed E-state index contributed by atoms with van der Waals surface area (Å²) in [6.45, 7) is 12.7. The standard InChI is InChI=1S/C43H75N11O15/c1-20(2)19-25(45)37(62)53-33(21(3)4)42(67)52-28(13-16-31(56)57)39(64)48-24(8)36(61)50-29(14-17-32(58)59)40(65)51-27(12-15-30(46)55)38(63)47-23(7)35(60)49-26(11-9-10-18-44)41(66)54-34(22(5)6)43(68)69/h20-29,33-34H,9-19,44-45H2,1-8H3,(H2,46,55)(H,47,63)(H,48,64)(H,49,60)(H,50,61)(H,51,65)(H,52,67)(H,53,62)(H,54,66)(H,56,57)(H,58,59)(H,68,69)/t23-,24-,25-,26-,27-,28-,29-,33-,34-/m0/s1. The highest BCUT2D eigenvalue weighted by molar-refractivity contribution is 5.98. The maximum absolute atomic E-state index is 13.7. The van der Waals surface area contributed by atoms with Crippen molar-refractivity contribution in [3.63, 3.8) is 0 Å². The number of nitrogens with two attached hydrogens (primary N) is 3. The molecule has 0 fully saturated rings. The van der Waals surface area contributed by atoms with Gasteiger partial charge in [-0.25, -0.2) is 4.79 Å². The fourth-order valence-corrected chi connectivity index (χ4v) is 6.45. The van der Waals surface area contributed by atoms with Gasteiger partial charge in [-0.05, 0) is 83.1 Å². The van der Waals surface area contributed by atoms with Gasteiger partial charge in [0.1, 0.15) is 48.3 Å². The van der Waals surface area contributed by atoms with Crippen LogP contribution < -0.4 is 59.7 Å². The maximum Gasteiger partial charge on any atom is 0.326 e. The number of nitrogens with one attached hydrogen (secondary N) is 8. The van der Waals surface area contributed by atoms with E-state index in [2.05, 4.69) is 42.5 Å². The van der Waals surface area contributed by atoms with Gasteiger partial charge in [0.15, 0.2) is 0 Å². The summed E-state index contributed by atoms with van der Waals surface area (Å²) in [5.74, 6) is -13.3. The molecule has 69 heavy (non-hydrogen) atoms. The summed E-state index contributed by atoms with van der Waals surface area (Å²) in [5.41, 5.74) is 16.8. The Bertz CT molecular complexity index is 1810. The minimum atomic E-state index is -1.70. The SMILES string of the molecule is CC(C)C[C@H](N)C(=O)N[C@H](C(=O)N[C@@H](CCC(=O)O)C(=O)N[C@@H](C)C(=O)N[C@@H](CCC(=O)O)C(=O)N[C@@H](CCC(N)=O)C(=O)N[C@@H](C)C(=O)N[C@@H](CCCCN)C(=O)N[C@H](C(=O)O)C(C)C)C(C)C. The van der Waals surface area contributed by atoms with Crippen LogP contribution in [0.2, 0.25) is 0 Å². The first-order valence-corrected chi connectivity index (χ1v) is 22.9. The molecule has 0 spiro atoms. The molecular weight excluding hydrogens is 911 g/mol. The van der Waals surface area contributed by atoms with Crippen LogP contribution in [0.3, 0.4) is 0 Å². The van der Waals surface area contributed by atoms with Crippen molar-refractivity contribution >= 4 is 71.1 Å². The molecule has 0 aliphatic rings. The van der Waals surface area contributed by atoms with E-state index in [0.29, 0.717) is 19.3 Å². The summed E-state index contributed by atoms with van der Waals surface area (Å²) in [6, 6.07) is -12.5. The van der Waals surface area contributed by atoms with Crippen LogP contribution in [0.1, 0.15) is 120 Å². The monoisotopic (exact) mass is 986 g/mol. The molecule has 9 atom stereocenters. The van der Waals surface area contributed by atoms with Crippen molar-refractivity contribution in [2.24, 2.45) is 35.0 Å². The molecule has 0 aromatic heterocycles. The lowest BCUT2D eigenvalue weighted by Gasteiger charge is -2.27. The lowest BCUT2D eigenvalue weighted by Crippen LogP contribution is -2.60. The summed E-state index contributed by atoms with van der Waals surface area (Å²) in [7, 11) is 0. The minimum absolute atomic E-state index is 0.0547.